The molecule has 0 bridgehead atoms. The zero-order valence-corrected chi connectivity index (χ0v) is 24.5. The number of ether oxygens (including phenoxy) is 1. The molecule has 38 heavy (non-hydrogen) atoms. The molecule has 0 spiro atoms. The topological polar surface area (TPSA) is 74.3 Å². The van der Waals surface area contributed by atoms with Gasteiger partial charge in [-0.15, -0.1) is 0 Å². The Morgan fingerprint density at radius 2 is 1.21 bits per heavy atom. The molecule has 1 fully saturated rings. The molecule has 0 N–H and O–H groups in total. The van der Waals surface area contributed by atoms with Gasteiger partial charge in [-0.2, -0.15) is 0 Å². The molecule has 216 valence electrons. The average Bonchev–Trinajstić information content (AvgIpc) is 3.29. The normalized spacial score (nSPS) is 14.6. The molecule has 2 aromatic rings. The highest BCUT2D eigenvalue weighted by Crippen LogP contribution is 2.17. The van der Waals surface area contributed by atoms with Crippen molar-refractivity contribution in [3.8, 4) is 0 Å². The smallest absolute Gasteiger partial charge is 0.332 e. The minimum Gasteiger partial charge on any atom is -0.379 e. The van der Waals surface area contributed by atoms with Crippen molar-refractivity contribution in [3.05, 3.63) is 26.7 Å². The van der Waals surface area contributed by atoms with E-state index in [1.807, 2.05) is 0 Å². The maximum absolute atomic E-state index is 13.1. The fourth-order valence-electron chi connectivity index (χ4n) is 5.63. The van der Waals surface area contributed by atoms with Crippen LogP contribution in [0, 0.1) is 0 Å². The number of morpholine rings is 1. The van der Waals surface area contributed by atoms with Crippen LogP contribution >= 0.6 is 0 Å². The van der Waals surface area contributed by atoms with Gasteiger partial charge in [-0.3, -0.25) is 18.8 Å². The highest BCUT2D eigenvalue weighted by Gasteiger charge is 2.21. The Balaban J connectivity index is 1.39. The first-order chi connectivity index (χ1) is 18.5. The van der Waals surface area contributed by atoms with Gasteiger partial charge in [0.1, 0.15) is 5.82 Å². The largest absolute Gasteiger partial charge is 0.379 e. The van der Waals surface area contributed by atoms with Gasteiger partial charge in [-0.1, -0.05) is 103 Å². The van der Waals surface area contributed by atoms with E-state index < -0.39 is 0 Å². The van der Waals surface area contributed by atoms with Gasteiger partial charge < -0.3 is 9.30 Å². The van der Waals surface area contributed by atoms with Crippen LogP contribution in [0.2, 0.25) is 0 Å². The zero-order chi connectivity index (χ0) is 27.2. The molecule has 3 rings (SSSR count). The third-order valence-corrected chi connectivity index (χ3v) is 8.13. The summed E-state index contributed by atoms with van der Waals surface area (Å²) in [5, 5.41) is 0. The summed E-state index contributed by atoms with van der Waals surface area (Å²) in [6.45, 7) is 6.89. The van der Waals surface area contributed by atoms with E-state index in [4.69, 9.17) is 9.72 Å². The number of nitrogens with zero attached hydrogens (tertiary/aromatic N) is 5. The third-order valence-electron chi connectivity index (χ3n) is 8.13. The van der Waals surface area contributed by atoms with Gasteiger partial charge in [0, 0.05) is 33.7 Å². The zero-order valence-electron chi connectivity index (χ0n) is 24.5. The molecular weight excluding hydrogens is 478 g/mol. The predicted molar refractivity (Wildman–Crippen MR) is 156 cm³/mol. The number of aryl methyl sites for hydroxylation is 2. The van der Waals surface area contributed by atoms with Crippen molar-refractivity contribution >= 4 is 11.2 Å². The Morgan fingerprint density at radius 3 is 1.74 bits per heavy atom. The van der Waals surface area contributed by atoms with E-state index >= 15 is 0 Å². The van der Waals surface area contributed by atoms with E-state index in [9.17, 15) is 9.59 Å². The van der Waals surface area contributed by atoms with E-state index in [1.165, 1.54) is 99.0 Å². The molecule has 8 heteroatoms. The minimum absolute atomic E-state index is 0.250. The predicted octanol–water partition coefficient (Wildman–Crippen LogP) is 5.53. The van der Waals surface area contributed by atoms with Crippen LogP contribution in [0.15, 0.2) is 9.59 Å². The summed E-state index contributed by atoms with van der Waals surface area (Å²) in [4.78, 5) is 32.6. The molecule has 0 unspecified atom stereocenters. The Hall–Kier alpha value is -1.93. The highest BCUT2D eigenvalue weighted by molar-refractivity contribution is 5.71. The molecule has 0 saturated carbocycles. The van der Waals surface area contributed by atoms with Crippen LogP contribution in [-0.4, -0.2) is 49.9 Å². The molecule has 0 amide bonds. The lowest BCUT2D eigenvalue weighted by molar-refractivity contribution is 0.0326. The molecule has 1 aliphatic rings. The number of unbranched alkanes of at least 4 members (excludes halogenated alkanes) is 15. The van der Waals surface area contributed by atoms with Crippen molar-refractivity contribution in [2.45, 2.75) is 123 Å². The molecule has 2 aromatic heterocycles. The summed E-state index contributed by atoms with van der Waals surface area (Å²) in [6.07, 6.45) is 21.4. The second-order valence-electron chi connectivity index (χ2n) is 11.2. The van der Waals surface area contributed by atoms with Crippen LogP contribution < -0.4 is 11.2 Å². The summed E-state index contributed by atoms with van der Waals surface area (Å²) in [6, 6.07) is 0. The average molecular weight is 532 g/mol. The third kappa shape index (κ3) is 9.08. The fourth-order valence-corrected chi connectivity index (χ4v) is 5.63. The van der Waals surface area contributed by atoms with Crippen molar-refractivity contribution in [2.75, 3.05) is 26.3 Å². The van der Waals surface area contributed by atoms with Crippen molar-refractivity contribution < 1.29 is 4.74 Å². The Labute approximate surface area is 229 Å². The number of imidazole rings is 1. The van der Waals surface area contributed by atoms with E-state index in [0.29, 0.717) is 17.7 Å². The van der Waals surface area contributed by atoms with Gasteiger partial charge >= 0.3 is 5.69 Å². The molecule has 0 atom stereocenters. The first-order valence-electron chi connectivity index (χ1n) is 15.5. The molecule has 8 nitrogen and oxygen atoms in total. The first kappa shape index (κ1) is 30.6. The van der Waals surface area contributed by atoms with Crippen LogP contribution in [0.5, 0.6) is 0 Å². The molecule has 0 aliphatic carbocycles. The number of hydrogen-bond acceptors (Lipinski definition) is 5. The Morgan fingerprint density at radius 1 is 0.711 bits per heavy atom. The molecule has 0 aromatic carbocycles. The summed E-state index contributed by atoms with van der Waals surface area (Å²) in [5.41, 5.74) is 0.476. The summed E-state index contributed by atoms with van der Waals surface area (Å²) >= 11 is 0. The van der Waals surface area contributed by atoms with Crippen LogP contribution in [-0.2, 0) is 31.9 Å². The van der Waals surface area contributed by atoms with Crippen molar-refractivity contribution in [1.82, 2.24) is 23.6 Å². The fraction of sp³-hybridized carbons (Fsp3) is 0.833. The maximum atomic E-state index is 13.1. The van der Waals surface area contributed by atoms with E-state index in [1.54, 1.807) is 14.1 Å². The first-order valence-corrected chi connectivity index (χ1v) is 15.5. The van der Waals surface area contributed by atoms with E-state index in [2.05, 4.69) is 16.4 Å². The number of rotatable bonds is 19. The standard InChI is InChI=1S/C30H53N5O3/c1-4-5-6-7-8-9-10-11-12-13-14-15-16-17-18-19-20-35-26(25-34-21-23-38-24-22-34)31-28-27(35)29(36)33(3)30(37)32(28)2/h4-25H2,1-3H3. The summed E-state index contributed by atoms with van der Waals surface area (Å²) in [7, 11) is 3.26. The SMILES string of the molecule is CCCCCCCCCCCCCCCCCCn1c(CN2CCOCC2)nc2c1c(=O)n(C)c(=O)n2C. The van der Waals surface area contributed by atoms with E-state index in [-0.39, 0.29) is 11.2 Å². The highest BCUT2D eigenvalue weighted by atomic mass is 16.5. The molecule has 1 saturated heterocycles. The quantitative estimate of drug-likeness (QED) is 0.223. The van der Waals surface area contributed by atoms with E-state index in [0.717, 1.165) is 51.5 Å². The van der Waals surface area contributed by atoms with Crippen LogP contribution in [0.25, 0.3) is 11.2 Å². The van der Waals surface area contributed by atoms with Gasteiger partial charge in [-0.05, 0) is 6.42 Å². The van der Waals surface area contributed by atoms with Crippen molar-refractivity contribution in [2.24, 2.45) is 14.1 Å². The molecule has 3 heterocycles. The lowest BCUT2D eigenvalue weighted by Crippen LogP contribution is -2.37. The van der Waals surface area contributed by atoms with Crippen LogP contribution in [0.4, 0.5) is 0 Å². The van der Waals surface area contributed by atoms with Crippen LogP contribution in [0.1, 0.15) is 115 Å². The lowest BCUT2D eigenvalue weighted by atomic mass is 10.0. The minimum atomic E-state index is -0.326. The Bertz CT molecular complexity index is 1060. The number of aromatic nitrogens is 4. The van der Waals surface area contributed by atoms with Gasteiger partial charge in [0.2, 0.25) is 0 Å². The van der Waals surface area contributed by atoms with Gasteiger partial charge in [0.05, 0.1) is 19.8 Å². The molecule has 1 aliphatic heterocycles. The van der Waals surface area contributed by atoms with Crippen LogP contribution in [0.3, 0.4) is 0 Å². The van der Waals surface area contributed by atoms with Gasteiger partial charge in [-0.25, -0.2) is 9.78 Å². The second kappa shape index (κ2) is 16.9. The summed E-state index contributed by atoms with van der Waals surface area (Å²) in [5.74, 6) is 0.876. The van der Waals surface area contributed by atoms with Gasteiger partial charge in [0.15, 0.2) is 11.2 Å². The second-order valence-corrected chi connectivity index (χ2v) is 11.2. The number of hydrogen-bond donors (Lipinski definition) is 0. The number of fused-ring (bicyclic) bond motifs is 1. The van der Waals surface area contributed by atoms with Crippen molar-refractivity contribution in [1.29, 1.82) is 0 Å². The van der Waals surface area contributed by atoms with Gasteiger partial charge in [0.25, 0.3) is 5.56 Å². The molecule has 0 radical (unpaired) electrons. The summed E-state index contributed by atoms with van der Waals surface area (Å²) < 4.78 is 10.3. The molecular formula is C30H53N5O3. The Kier molecular flexibility index (Phi) is 13.6. The lowest BCUT2D eigenvalue weighted by Gasteiger charge is -2.26. The monoisotopic (exact) mass is 531 g/mol. The maximum Gasteiger partial charge on any atom is 0.332 e. The van der Waals surface area contributed by atoms with Crippen molar-refractivity contribution in [3.63, 3.8) is 0 Å².